The Morgan fingerprint density at radius 2 is 2.29 bits per heavy atom. The standard InChI is InChI=1S/C12H17NO/c1-2-14-9-10-3-4-12-8-13-6-5-11(12)7-10/h3-4,7,13H,2,5-6,8-9H2,1H3. The highest BCUT2D eigenvalue weighted by Crippen LogP contribution is 2.16. The maximum absolute atomic E-state index is 5.39. The van der Waals surface area contributed by atoms with Gasteiger partial charge in [0, 0.05) is 13.2 Å². The molecule has 76 valence electrons. The molecule has 0 spiro atoms. The number of ether oxygens (including phenoxy) is 1. The van der Waals surface area contributed by atoms with E-state index < -0.39 is 0 Å². The lowest BCUT2D eigenvalue weighted by molar-refractivity contribution is 0.134. The number of hydrogen-bond donors (Lipinski definition) is 1. The van der Waals surface area contributed by atoms with Crippen molar-refractivity contribution in [3.8, 4) is 0 Å². The van der Waals surface area contributed by atoms with Gasteiger partial charge in [0.1, 0.15) is 0 Å². The van der Waals surface area contributed by atoms with Gasteiger partial charge in [-0.2, -0.15) is 0 Å². The Morgan fingerprint density at radius 1 is 1.36 bits per heavy atom. The maximum atomic E-state index is 5.39. The second kappa shape index (κ2) is 4.58. The van der Waals surface area contributed by atoms with Crippen LogP contribution in [0.5, 0.6) is 0 Å². The Kier molecular flexibility index (Phi) is 3.17. The lowest BCUT2D eigenvalue weighted by Gasteiger charge is -2.17. The van der Waals surface area contributed by atoms with Crippen molar-refractivity contribution in [2.75, 3.05) is 13.2 Å². The van der Waals surface area contributed by atoms with Crippen LogP contribution in [0.1, 0.15) is 23.6 Å². The second-order valence-corrected chi connectivity index (χ2v) is 3.67. The predicted octanol–water partition coefficient (Wildman–Crippen LogP) is 1.87. The van der Waals surface area contributed by atoms with E-state index in [9.17, 15) is 0 Å². The molecule has 2 heteroatoms. The van der Waals surface area contributed by atoms with Crippen molar-refractivity contribution in [2.24, 2.45) is 0 Å². The number of fused-ring (bicyclic) bond motifs is 1. The Balaban J connectivity index is 2.12. The summed E-state index contributed by atoms with van der Waals surface area (Å²) >= 11 is 0. The van der Waals surface area contributed by atoms with E-state index in [2.05, 4.69) is 23.5 Å². The van der Waals surface area contributed by atoms with Gasteiger partial charge in [-0.3, -0.25) is 0 Å². The Bertz CT molecular complexity index is 309. The summed E-state index contributed by atoms with van der Waals surface area (Å²) in [5, 5.41) is 3.37. The largest absolute Gasteiger partial charge is 0.377 e. The van der Waals surface area contributed by atoms with Crippen molar-refractivity contribution < 1.29 is 4.74 Å². The molecule has 2 rings (SSSR count). The molecule has 1 aliphatic rings. The number of nitrogens with one attached hydrogen (secondary N) is 1. The lowest BCUT2D eigenvalue weighted by atomic mass is 9.99. The van der Waals surface area contributed by atoms with Crippen LogP contribution in [0.25, 0.3) is 0 Å². The predicted molar refractivity (Wildman–Crippen MR) is 57.2 cm³/mol. The summed E-state index contributed by atoms with van der Waals surface area (Å²) in [6, 6.07) is 6.67. The minimum absolute atomic E-state index is 0.747. The molecule has 14 heavy (non-hydrogen) atoms. The number of rotatable bonds is 3. The van der Waals surface area contributed by atoms with E-state index in [4.69, 9.17) is 4.74 Å². The SMILES string of the molecule is CCOCc1ccc2c(c1)CCNC2. The summed E-state index contributed by atoms with van der Waals surface area (Å²) in [4.78, 5) is 0. The Hall–Kier alpha value is -0.860. The fourth-order valence-corrected chi connectivity index (χ4v) is 1.84. The van der Waals surface area contributed by atoms with E-state index in [1.807, 2.05) is 6.92 Å². The van der Waals surface area contributed by atoms with Gasteiger partial charge in [0.25, 0.3) is 0 Å². The molecule has 1 N–H and O–H groups in total. The molecule has 0 aromatic heterocycles. The quantitative estimate of drug-likeness (QED) is 0.787. The van der Waals surface area contributed by atoms with Crippen LogP contribution >= 0.6 is 0 Å². The minimum atomic E-state index is 0.747. The Labute approximate surface area is 85.3 Å². The zero-order chi connectivity index (χ0) is 9.80. The van der Waals surface area contributed by atoms with Gasteiger partial charge in [-0.15, -0.1) is 0 Å². The van der Waals surface area contributed by atoms with Gasteiger partial charge in [-0.25, -0.2) is 0 Å². The van der Waals surface area contributed by atoms with E-state index in [1.165, 1.54) is 16.7 Å². The fraction of sp³-hybridized carbons (Fsp3) is 0.500. The molecule has 0 bridgehead atoms. The van der Waals surface area contributed by atoms with Gasteiger partial charge < -0.3 is 10.1 Å². The molecule has 1 aliphatic heterocycles. The molecule has 2 nitrogen and oxygen atoms in total. The number of benzene rings is 1. The van der Waals surface area contributed by atoms with Crippen molar-refractivity contribution >= 4 is 0 Å². The highest BCUT2D eigenvalue weighted by atomic mass is 16.5. The summed E-state index contributed by atoms with van der Waals surface area (Å²) in [7, 11) is 0. The van der Waals surface area contributed by atoms with Crippen LogP contribution in [0, 0.1) is 0 Å². The third-order valence-electron chi connectivity index (χ3n) is 2.63. The van der Waals surface area contributed by atoms with Gasteiger partial charge in [-0.05, 0) is 36.6 Å². The van der Waals surface area contributed by atoms with E-state index in [1.54, 1.807) is 0 Å². The average molecular weight is 191 g/mol. The van der Waals surface area contributed by atoms with Crippen LogP contribution in [0.3, 0.4) is 0 Å². The normalized spacial score (nSPS) is 15.2. The van der Waals surface area contributed by atoms with Gasteiger partial charge in [-0.1, -0.05) is 18.2 Å². The fourth-order valence-electron chi connectivity index (χ4n) is 1.84. The van der Waals surface area contributed by atoms with Crippen LogP contribution in [0.2, 0.25) is 0 Å². The van der Waals surface area contributed by atoms with Crippen molar-refractivity contribution in [1.29, 1.82) is 0 Å². The van der Waals surface area contributed by atoms with Gasteiger partial charge in [0.15, 0.2) is 0 Å². The van der Waals surface area contributed by atoms with Crippen molar-refractivity contribution in [3.63, 3.8) is 0 Å². The van der Waals surface area contributed by atoms with Crippen molar-refractivity contribution in [3.05, 3.63) is 34.9 Å². The molecule has 0 aliphatic carbocycles. The summed E-state index contributed by atoms with van der Waals surface area (Å²) < 4.78 is 5.39. The monoisotopic (exact) mass is 191 g/mol. The van der Waals surface area contributed by atoms with E-state index >= 15 is 0 Å². The molecule has 1 aromatic rings. The minimum Gasteiger partial charge on any atom is -0.377 e. The molecule has 0 saturated carbocycles. The Morgan fingerprint density at radius 3 is 3.14 bits per heavy atom. The number of hydrogen-bond acceptors (Lipinski definition) is 2. The molecule has 1 heterocycles. The summed E-state index contributed by atoms with van der Waals surface area (Å²) in [6.45, 7) is 5.69. The highest BCUT2D eigenvalue weighted by molar-refractivity contribution is 5.33. The zero-order valence-electron chi connectivity index (χ0n) is 8.68. The summed E-state index contributed by atoms with van der Waals surface area (Å²) in [6.07, 6.45) is 1.15. The molecule has 0 amide bonds. The zero-order valence-corrected chi connectivity index (χ0v) is 8.68. The maximum Gasteiger partial charge on any atom is 0.0716 e. The topological polar surface area (TPSA) is 21.3 Å². The van der Waals surface area contributed by atoms with E-state index in [0.717, 1.165) is 32.7 Å². The van der Waals surface area contributed by atoms with Gasteiger partial charge >= 0.3 is 0 Å². The molecule has 0 unspecified atom stereocenters. The first-order valence-corrected chi connectivity index (χ1v) is 5.29. The first-order valence-electron chi connectivity index (χ1n) is 5.29. The second-order valence-electron chi connectivity index (χ2n) is 3.67. The van der Waals surface area contributed by atoms with Crippen LogP contribution < -0.4 is 5.32 Å². The third kappa shape index (κ3) is 2.14. The van der Waals surface area contributed by atoms with Crippen LogP contribution in [0.4, 0.5) is 0 Å². The van der Waals surface area contributed by atoms with E-state index in [-0.39, 0.29) is 0 Å². The molecular formula is C12H17NO. The molecule has 0 radical (unpaired) electrons. The van der Waals surface area contributed by atoms with Crippen LogP contribution in [-0.4, -0.2) is 13.2 Å². The van der Waals surface area contributed by atoms with Crippen LogP contribution in [0.15, 0.2) is 18.2 Å². The van der Waals surface area contributed by atoms with Crippen LogP contribution in [-0.2, 0) is 24.3 Å². The summed E-state index contributed by atoms with van der Waals surface area (Å²) in [5.41, 5.74) is 4.23. The smallest absolute Gasteiger partial charge is 0.0716 e. The third-order valence-corrected chi connectivity index (χ3v) is 2.63. The molecule has 0 atom stereocenters. The lowest BCUT2D eigenvalue weighted by Crippen LogP contribution is -2.23. The van der Waals surface area contributed by atoms with Crippen molar-refractivity contribution in [1.82, 2.24) is 5.32 Å². The first kappa shape index (κ1) is 9.69. The van der Waals surface area contributed by atoms with Gasteiger partial charge in [0.2, 0.25) is 0 Å². The van der Waals surface area contributed by atoms with Gasteiger partial charge in [0.05, 0.1) is 6.61 Å². The first-order chi connectivity index (χ1) is 6.90. The molecule has 0 saturated heterocycles. The molecule has 1 aromatic carbocycles. The van der Waals surface area contributed by atoms with Crippen molar-refractivity contribution in [2.45, 2.75) is 26.5 Å². The summed E-state index contributed by atoms with van der Waals surface area (Å²) in [5.74, 6) is 0. The highest BCUT2D eigenvalue weighted by Gasteiger charge is 2.08. The molecule has 0 fully saturated rings. The average Bonchev–Trinajstić information content (AvgIpc) is 2.26. The molecular weight excluding hydrogens is 174 g/mol. The van der Waals surface area contributed by atoms with E-state index in [0.29, 0.717) is 0 Å².